The minimum Gasteiger partial charge on any atom is -0.410 e. The quantitative estimate of drug-likeness (QED) is 0.400. The fraction of sp³-hybridized carbons (Fsp3) is 0.308. The number of likely N-dealkylation sites (tertiary alicyclic amines) is 1. The first kappa shape index (κ1) is 23.1. The number of carbonyl (C=O) groups excluding carboxylic acids is 3. The third kappa shape index (κ3) is 4.94. The number of amides is 2. The zero-order valence-corrected chi connectivity index (χ0v) is 19.1. The lowest BCUT2D eigenvalue weighted by molar-refractivity contribution is -0.135. The van der Waals surface area contributed by atoms with Crippen LogP contribution in [0.3, 0.4) is 0 Å². The van der Waals surface area contributed by atoms with Crippen LogP contribution in [0.15, 0.2) is 48.7 Å². The molecule has 1 aliphatic heterocycles. The van der Waals surface area contributed by atoms with Crippen molar-refractivity contribution >= 4 is 34.4 Å². The van der Waals surface area contributed by atoms with Crippen molar-refractivity contribution in [1.82, 2.24) is 9.88 Å². The van der Waals surface area contributed by atoms with Gasteiger partial charge in [0.1, 0.15) is 5.75 Å². The van der Waals surface area contributed by atoms with Crippen LogP contribution >= 0.6 is 0 Å². The van der Waals surface area contributed by atoms with Gasteiger partial charge in [-0.2, -0.15) is 0 Å². The fourth-order valence-corrected chi connectivity index (χ4v) is 4.27. The van der Waals surface area contributed by atoms with Gasteiger partial charge in [-0.05, 0) is 67.8 Å². The highest BCUT2D eigenvalue weighted by Crippen LogP contribution is 2.28. The van der Waals surface area contributed by atoms with Crippen LogP contribution in [0.5, 0.6) is 5.75 Å². The summed E-state index contributed by atoms with van der Waals surface area (Å²) in [7, 11) is 0. The minimum absolute atomic E-state index is 0.00424. The molecule has 34 heavy (non-hydrogen) atoms. The molecule has 2 atom stereocenters. The van der Waals surface area contributed by atoms with Gasteiger partial charge < -0.3 is 9.72 Å². The molecule has 8 nitrogen and oxygen atoms in total. The maximum atomic E-state index is 12.9. The number of ketones is 1. The molecule has 1 aromatic heterocycles. The van der Waals surface area contributed by atoms with Crippen LogP contribution in [0.25, 0.3) is 15.7 Å². The van der Waals surface area contributed by atoms with Crippen molar-refractivity contribution < 1.29 is 19.1 Å². The van der Waals surface area contributed by atoms with Gasteiger partial charge in [0.05, 0.1) is 0 Å². The molecule has 2 N–H and O–H groups in total. The Balaban J connectivity index is 1.43. The van der Waals surface area contributed by atoms with Crippen LogP contribution in [0.1, 0.15) is 42.6 Å². The van der Waals surface area contributed by atoms with Gasteiger partial charge in [0.15, 0.2) is 5.78 Å². The largest absolute Gasteiger partial charge is 0.417 e. The Bertz CT molecular complexity index is 1270. The summed E-state index contributed by atoms with van der Waals surface area (Å²) >= 11 is 0. The van der Waals surface area contributed by atoms with Crippen molar-refractivity contribution in [2.75, 3.05) is 11.9 Å². The summed E-state index contributed by atoms with van der Waals surface area (Å²) in [5.74, 6) is 0.0489. The standard InChI is InChI=1S/C26H26N4O4/c1-16(25(32)30-12-4-5-24(30)27-3)13-19-15-28-23-11-10-21(14-22(19)23)34-26(33)29-20-8-6-18(7-9-20)17(2)31/h6-11,14-16,24,28H,4-5,12-13H2,1-2H3,(H,29,33)/t16-,24-/m0/s1. The van der Waals surface area contributed by atoms with Crippen molar-refractivity contribution in [1.29, 1.82) is 0 Å². The van der Waals surface area contributed by atoms with Crippen LogP contribution in [-0.4, -0.2) is 40.4 Å². The highest BCUT2D eigenvalue weighted by atomic mass is 16.6. The number of aromatic nitrogens is 1. The molecule has 0 spiro atoms. The SMILES string of the molecule is [C-]#[N+][C@@H]1CCCN1C(=O)[C@@H](C)Cc1c[nH]c2ccc(OC(=O)Nc3ccc(C(C)=O)cc3)cc12. The summed E-state index contributed by atoms with van der Waals surface area (Å²) in [6.45, 7) is 11.3. The van der Waals surface area contributed by atoms with Crippen LogP contribution < -0.4 is 10.1 Å². The fourth-order valence-electron chi connectivity index (χ4n) is 4.27. The van der Waals surface area contributed by atoms with E-state index in [4.69, 9.17) is 11.3 Å². The molecule has 0 bridgehead atoms. The number of H-pyrrole nitrogens is 1. The van der Waals surface area contributed by atoms with E-state index in [1.54, 1.807) is 41.3 Å². The molecule has 1 fully saturated rings. The summed E-state index contributed by atoms with van der Waals surface area (Å²) in [5.41, 5.74) is 2.90. The number of rotatable bonds is 6. The molecule has 2 aromatic carbocycles. The lowest BCUT2D eigenvalue weighted by Gasteiger charge is -2.20. The Kier molecular flexibility index (Phi) is 6.64. The zero-order valence-electron chi connectivity index (χ0n) is 19.1. The number of benzene rings is 2. The number of carbonyl (C=O) groups is 3. The van der Waals surface area contributed by atoms with Gasteiger partial charge in [0.25, 0.3) is 0 Å². The smallest absolute Gasteiger partial charge is 0.410 e. The average Bonchev–Trinajstić information content (AvgIpc) is 3.45. The Morgan fingerprint density at radius 3 is 2.71 bits per heavy atom. The van der Waals surface area contributed by atoms with Crippen molar-refractivity contribution in [3.05, 3.63) is 71.2 Å². The molecule has 2 amide bonds. The Labute approximate surface area is 197 Å². The van der Waals surface area contributed by atoms with Crippen LogP contribution in [-0.2, 0) is 11.2 Å². The Morgan fingerprint density at radius 2 is 2.00 bits per heavy atom. The number of hydrogen-bond acceptors (Lipinski definition) is 4. The van der Waals surface area contributed by atoms with Gasteiger partial charge >= 0.3 is 12.3 Å². The summed E-state index contributed by atoms with van der Waals surface area (Å²) in [6, 6.07) is 11.9. The first-order chi connectivity index (χ1) is 16.4. The molecule has 0 saturated carbocycles. The van der Waals surface area contributed by atoms with Gasteiger partial charge in [0.2, 0.25) is 5.91 Å². The number of fused-ring (bicyclic) bond motifs is 1. The van der Waals surface area contributed by atoms with Gasteiger partial charge in [-0.3, -0.25) is 24.7 Å². The van der Waals surface area contributed by atoms with Gasteiger partial charge in [0, 0.05) is 47.2 Å². The van der Waals surface area contributed by atoms with Crippen molar-refractivity contribution in [2.24, 2.45) is 5.92 Å². The van der Waals surface area contributed by atoms with E-state index in [0.29, 0.717) is 30.0 Å². The molecular formula is C26H26N4O4. The summed E-state index contributed by atoms with van der Waals surface area (Å²) < 4.78 is 5.45. The molecule has 1 saturated heterocycles. The molecule has 3 aromatic rings. The second-order valence-electron chi connectivity index (χ2n) is 8.56. The summed E-state index contributed by atoms with van der Waals surface area (Å²) in [6.07, 6.45) is 2.98. The maximum Gasteiger partial charge on any atom is 0.417 e. The topological polar surface area (TPSA) is 95.9 Å². The molecular weight excluding hydrogens is 432 g/mol. The van der Waals surface area contributed by atoms with E-state index < -0.39 is 6.09 Å². The summed E-state index contributed by atoms with van der Waals surface area (Å²) in [4.78, 5) is 45.1. The predicted molar refractivity (Wildman–Crippen MR) is 129 cm³/mol. The van der Waals surface area contributed by atoms with E-state index in [1.807, 2.05) is 19.2 Å². The van der Waals surface area contributed by atoms with E-state index in [-0.39, 0.29) is 23.8 Å². The van der Waals surface area contributed by atoms with Gasteiger partial charge in [-0.15, -0.1) is 0 Å². The second kappa shape index (κ2) is 9.79. The highest BCUT2D eigenvalue weighted by Gasteiger charge is 2.35. The third-order valence-corrected chi connectivity index (χ3v) is 6.09. The van der Waals surface area contributed by atoms with E-state index >= 15 is 0 Å². The lowest BCUT2D eigenvalue weighted by Crippen LogP contribution is -2.38. The van der Waals surface area contributed by atoms with E-state index in [2.05, 4.69) is 15.1 Å². The number of nitrogens with one attached hydrogen (secondary N) is 2. The summed E-state index contributed by atoms with van der Waals surface area (Å²) in [5, 5.41) is 3.52. The zero-order chi connectivity index (χ0) is 24.2. The maximum absolute atomic E-state index is 12.9. The number of aromatic amines is 1. The number of nitrogens with zero attached hydrogens (tertiary/aromatic N) is 2. The van der Waals surface area contributed by atoms with Crippen LogP contribution in [0.4, 0.5) is 10.5 Å². The van der Waals surface area contributed by atoms with Crippen molar-refractivity contribution in [3.63, 3.8) is 0 Å². The monoisotopic (exact) mass is 458 g/mol. The lowest BCUT2D eigenvalue weighted by atomic mass is 9.99. The number of Topliss-reactive ketones (excluding diaryl/α,β-unsaturated/α-hetero) is 1. The Hall–Kier alpha value is -4.12. The molecule has 4 rings (SSSR count). The number of anilines is 1. The highest BCUT2D eigenvalue weighted by molar-refractivity contribution is 5.95. The second-order valence-corrected chi connectivity index (χ2v) is 8.56. The molecule has 0 unspecified atom stereocenters. The van der Waals surface area contributed by atoms with E-state index in [9.17, 15) is 14.4 Å². The Morgan fingerprint density at radius 1 is 1.24 bits per heavy atom. The van der Waals surface area contributed by atoms with Crippen LogP contribution in [0, 0.1) is 12.5 Å². The molecule has 2 heterocycles. The molecule has 1 aliphatic rings. The molecule has 174 valence electrons. The van der Waals surface area contributed by atoms with Crippen molar-refractivity contribution in [3.8, 4) is 5.75 Å². The average molecular weight is 459 g/mol. The van der Waals surface area contributed by atoms with Gasteiger partial charge in [-0.25, -0.2) is 11.4 Å². The predicted octanol–water partition coefficient (Wildman–Crippen LogP) is 5.03. The first-order valence-corrected chi connectivity index (χ1v) is 11.2. The minimum atomic E-state index is -0.644. The van der Waals surface area contributed by atoms with E-state index in [1.165, 1.54) is 6.92 Å². The van der Waals surface area contributed by atoms with Gasteiger partial charge in [-0.1, -0.05) is 6.92 Å². The molecule has 0 radical (unpaired) electrons. The van der Waals surface area contributed by atoms with Crippen LogP contribution in [0.2, 0.25) is 0 Å². The normalized spacial score (nSPS) is 16.1. The van der Waals surface area contributed by atoms with E-state index in [0.717, 1.165) is 29.3 Å². The first-order valence-electron chi connectivity index (χ1n) is 11.2. The number of ether oxygens (including phenoxy) is 1. The van der Waals surface area contributed by atoms with Crippen molar-refractivity contribution in [2.45, 2.75) is 39.3 Å². The number of hydrogen-bond donors (Lipinski definition) is 2. The molecule has 0 aliphatic carbocycles. The third-order valence-electron chi connectivity index (χ3n) is 6.09. The molecule has 8 heteroatoms.